The second-order valence-electron chi connectivity index (χ2n) is 14.6. The molecule has 4 N–H and O–H groups in total. The van der Waals surface area contributed by atoms with E-state index in [4.69, 9.17) is 11.5 Å². The van der Waals surface area contributed by atoms with Crippen LogP contribution in [-0.2, 0) is 0 Å². The van der Waals surface area contributed by atoms with Crippen molar-refractivity contribution in [2.45, 2.75) is 104 Å². The van der Waals surface area contributed by atoms with Crippen LogP contribution in [0, 0.1) is 0 Å². The van der Waals surface area contributed by atoms with Gasteiger partial charge in [0.15, 0.2) is 0 Å². The molecule has 258 valence electrons. The van der Waals surface area contributed by atoms with E-state index in [9.17, 15) is 0 Å². The molecule has 0 saturated carbocycles. The van der Waals surface area contributed by atoms with Crippen LogP contribution >= 0.6 is 0 Å². The summed E-state index contributed by atoms with van der Waals surface area (Å²) in [4.78, 5) is 0. The van der Waals surface area contributed by atoms with Gasteiger partial charge in [-0.15, -0.1) is 0 Å². The number of rotatable bonds is 15. The number of hydrogen-bond acceptors (Lipinski definition) is 2. The average molecular weight is 661 g/mol. The van der Waals surface area contributed by atoms with Gasteiger partial charge in [-0.2, -0.15) is 0 Å². The van der Waals surface area contributed by atoms with Gasteiger partial charge < -0.3 is 11.5 Å². The van der Waals surface area contributed by atoms with E-state index in [1.165, 1.54) is 130 Å². The molecule has 0 radical (unpaired) electrons. The molecule has 2 atom stereocenters. The van der Waals surface area contributed by atoms with Crippen molar-refractivity contribution in [1.29, 1.82) is 0 Å². The first-order valence-electron chi connectivity index (χ1n) is 19.2. The van der Waals surface area contributed by atoms with E-state index in [0.29, 0.717) is 11.8 Å². The van der Waals surface area contributed by atoms with Crippen LogP contribution in [0.5, 0.6) is 0 Å². The molecule has 0 aromatic heterocycles. The zero-order valence-corrected chi connectivity index (χ0v) is 30.8. The van der Waals surface area contributed by atoms with E-state index in [1.54, 1.807) is 0 Å². The van der Waals surface area contributed by atoms with Crippen LogP contribution in [0.3, 0.4) is 0 Å². The lowest BCUT2D eigenvalue weighted by atomic mass is 9.76. The molecule has 0 heterocycles. The predicted molar refractivity (Wildman–Crippen MR) is 221 cm³/mol. The SMILES string of the molecule is CCCCCCC(C)c1cc(-c2ccc(N)cc2)c2ccccc2c1-c1c(C(C)CCCCCC)cc(-c2ccc(N)cc2)c2ccccc12. The quantitative estimate of drug-likeness (QED) is 0.0850. The highest BCUT2D eigenvalue weighted by atomic mass is 14.5. The van der Waals surface area contributed by atoms with E-state index in [-0.39, 0.29) is 0 Å². The maximum atomic E-state index is 6.18. The fourth-order valence-corrected chi connectivity index (χ4v) is 8.00. The van der Waals surface area contributed by atoms with Crippen molar-refractivity contribution in [3.8, 4) is 33.4 Å². The molecule has 0 aliphatic rings. The van der Waals surface area contributed by atoms with Gasteiger partial charge >= 0.3 is 0 Å². The maximum absolute atomic E-state index is 6.18. The van der Waals surface area contributed by atoms with Gasteiger partial charge in [-0.3, -0.25) is 0 Å². The molecule has 0 bridgehead atoms. The third kappa shape index (κ3) is 7.60. The van der Waals surface area contributed by atoms with Crippen molar-refractivity contribution in [3.63, 3.8) is 0 Å². The standard InChI is InChI=1S/C48H56N2/c1-5-7-9-11-17-33(3)43-31-45(35-23-27-37(49)28-24-35)39-19-13-15-21-41(39)47(43)48-42-22-16-14-20-40(42)46(36-25-29-38(50)30-26-36)32-44(48)34(4)18-12-10-8-6-2/h13-16,19-34H,5-12,17-18,49-50H2,1-4H3. The van der Waals surface area contributed by atoms with Crippen molar-refractivity contribution in [3.05, 3.63) is 120 Å². The Hall–Kier alpha value is -4.56. The lowest BCUT2D eigenvalue weighted by Gasteiger charge is -2.27. The summed E-state index contributed by atoms with van der Waals surface area (Å²) >= 11 is 0. The van der Waals surface area contributed by atoms with Crippen molar-refractivity contribution >= 4 is 32.9 Å². The molecule has 50 heavy (non-hydrogen) atoms. The van der Waals surface area contributed by atoms with Crippen LogP contribution < -0.4 is 11.5 Å². The van der Waals surface area contributed by atoms with E-state index in [2.05, 4.69) is 113 Å². The number of anilines is 2. The Morgan fingerprint density at radius 1 is 0.440 bits per heavy atom. The summed E-state index contributed by atoms with van der Waals surface area (Å²) in [6.45, 7) is 9.53. The maximum Gasteiger partial charge on any atom is 0.0314 e. The van der Waals surface area contributed by atoms with Gasteiger partial charge in [-0.05, 0) is 127 Å². The first-order chi connectivity index (χ1) is 24.4. The van der Waals surface area contributed by atoms with Crippen LogP contribution in [-0.4, -0.2) is 0 Å². The second kappa shape index (κ2) is 16.4. The average Bonchev–Trinajstić information content (AvgIpc) is 3.14. The molecule has 2 nitrogen and oxygen atoms in total. The van der Waals surface area contributed by atoms with Crippen LogP contribution in [0.2, 0.25) is 0 Å². The van der Waals surface area contributed by atoms with Gasteiger partial charge in [0.1, 0.15) is 0 Å². The van der Waals surface area contributed by atoms with Gasteiger partial charge in [0.2, 0.25) is 0 Å². The summed E-state index contributed by atoms with van der Waals surface area (Å²) in [6, 6.07) is 40.2. The number of nitrogens with two attached hydrogens (primary N) is 2. The molecule has 6 rings (SSSR count). The largest absolute Gasteiger partial charge is 0.399 e. The van der Waals surface area contributed by atoms with Crippen molar-refractivity contribution in [1.82, 2.24) is 0 Å². The Kier molecular flexibility index (Phi) is 11.6. The molecule has 0 saturated heterocycles. The van der Waals surface area contributed by atoms with E-state index < -0.39 is 0 Å². The molecule has 6 aromatic carbocycles. The molecular weight excluding hydrogens is 605 g/mol. The van der Waals surface area contributed by atoms with Crippen LogP contribution in [0.4, 0.5) is 11.4 Å². The first kappa shape index (κ1) is 35.3. The molecule has 0 fully saturated rings. The van der Waals surface area contributed by atoms with Gasteiger partial charge in [0.25, 0.3) is 0 Å². The fraction of sp³-hybridized carbons (Fsp3) is 0.333. The van der Waals surface area contributed by atoms with Gasteiger partial charge in [-0.1, -0.05) is 152 Å². The van der Waals surface area contributed by atoms with Gasteiger partial charge in [0, 0.05) is 11.4 Å². The number of hydrogen-bond donors (Lipinski definition) is 2. The molecule has 0 aliphatic carbocycles. The predicted octanol–water partition coefficient (Wildman–Crippen LogP) is 14.3. The fourth-order valence-electron chi connectivity index (χ4n) is 8.00. The van der Waals surface area contributed by atoms with E-state index >= 15 is 0 Å². The minimum Gasteiger partial charge on any atom is -0.399 e. The summed E-state index contributed by atoms with van der Waals surface area (Å²) < 4.78 is 0. The number of benzene rings is 6. The Morgan fingerprint density at radius 2 is 0.800 bits per heavy atom. The zero-order chi connectivity index (χ0) is 35.0. The highest BCUT2D eigenvalue weighted by Gasteiger charge is 2.25. The van der Waals surface area contributed by atoms with Crippen LogP contribution in [0.15, 0.2) is 109 Å². The van der Waals surface area contributed by atoms with E-state index in [1.807, 2.05) is 24.3 Å². The Labute approximate surface area is 300 Å². The monoisotopic (exact) mass is 660 g/mol. The van der Waals surface area contributed by atoms with Crippen molar-refractivity contribution in [2.24, 2.45) is 0 Å². The molecule has 2 heteroatoms. The summed E-state index contributed by atoms with van der Waals surface area (Å²) in [5.74, 6) is 0.810. The number of unbranched alkanes of at least 4 members (excludes halogenated alkanes) is 6. The third-order valence-electron chi connectivity index (χ3n) is 10.9. The van der Waals surface area contributed by atoms with Crippen molar-refractivity contribution < 1.29 is 0 Å². The molecule has 2 unspecified atom stereocenters. The smallest absolute Gasteiger partial charge is 0.0314 e. The van der Waals surface area contributed by atoms with Gasteiger partial charge in [0.05, 0.1) is 0 Å². The second-order valence-corrected chi connectivity index (χ2v) is 14.6. The Morgan fingerprint density at radius 3 is 1.16 bits per heavy atom. The minimum atomic E-state index is 0.405. The van der Waals surface area contributed by atoms with Crippen LogP contribution in [0.25, 0.3) is 54.9 Å². The topological polar surface area (TPSA) is 52.0 Å². The normalized spacial score (nSPS) is 12.8. The summed E-state index contributed by atoms with van der Waals surface area (Å²) in [5.41, 5.74) is 24.7. The highest BCUT2D eigenvalue weighted by molar-refractivity contribution is 6.14. The highest BCUT2D eigenvalue weighted by Crippen LogP contribution is 2.49. The molecule has 6 aromatic rings. The Balaban J connectivity index is 1.67. The number of nitrogen functional groups attached to an aromatic ring is 2. The lowest BCUT2D eigenvalue weighted by molar-refractivity contribution is 0.578. The molecule has 0 aliphatic heterocycles. The molecular formula is C48H56N2. The Bertz CT molecular complexity index is 1870. The first-order valence-corrected chi connectivity index (χ1v) is 19.2. The summed E-state index contributed by atoms with van der Waals surface area (Å²) in [5, 5.41) is 5.26. The molecule has 0 amide bonds. The summed E-state index contributed by atoms with van der Waals surface area (Å²) in [7, 11) is 0. The minimum absolute atomic E-state index is 0.405. The third-order valence-corrected chi connectivity index (χ3v) is 10.9. The van der Waals surface area contributed by atoms with Crippen molar-refractivity contribution in [2.75, 3.05) is 11.5 Å². The van der Waals surface area contributed by atoms with Gasteiger partial charge in [-0.25, -0.2) is 0 Å². The van der Waals surface area contributed by atoms with Crippen LogP contribution in [0.1, 0.15) is 115 Å². The number of fused-ring (bicyclic) bond motifs is 2. The van der Waals surface area contributed by atoms with E-state index in [0.717, 1.165) is 11.4 Å². The lowest BCUT2D eigenvalue weighted by Crippen LogP contribution is -2.05. The summed E-state index contributed by atoms with van der Waals surface area (Å²) in [6.07, 6.45) is 12.5. The zero-order valence-electron chi connectivity index (χ0n) is 30.8. The molecule has 0 spiro atoms.